The molecule has 29 heavy (non-hydrogen) atoms. The average Bonchev–Trinajstić information content (AvgIpc) is 3.53. The van der Waals surface area contributed by atoms with Crippen molar-refractivity contribution < 1.29 is 19.0 Å². The summed E-state index contributed by atoms with van der Waals surface area (Å²) in [5.74, 6) is 0.889. The smallest absolute Gasteiger partial charge is 0.125 e. The van der Waals surface area contributed by atoms with Crippen molar-refractivity contribution in [3.63, 3.8) is 0 Å². The molecule has 154 valence electrons. The highest BCUT2D eigenvalue weighted by Crippen LogP contribution is 2.45. The second-order valence-electron chi connectivity index (χ2n) is 8.84. The molecular weight excluding hydrogens is 369 g/mol. The zero-order valence-electron chi connectivity index (χ0n) is 16.6. The number of ether oxygens (including phenoxy) is 2. The number of morpholine rings is 1. The van der Waals surface area contributed by atoms with E-state index in [0.29, 0.717) is 49.9 Å². The van der Waals surface area contributed by atoms with Crippen molar-refractivity contribution in [1.82, 2.24) is 4.90 Å². The van der Waals surface area contributed by atoms with Crippen molar-refractivity contribution in [2.24, 2.45) is 5.92 Å². The lowest BCUT2D eigenvalue weighted by atomic mass is 9.76. The molecule has 2 bridgehead atoms. The summed E-state index contributed by atoms with van der Waals surface area (Å²) in [4.78, 5) is 2.44. The molecule has 2 aromatic rings. The Morgan fingerprint density at radius 3 is 2.48 bits per heavy atom. The second kappa shape index (κ2) is 7.71. The Hall–Kier alpha value is -1.95. The molecule has 0 radical (unpaired) electrons. The zero-order chi connectivity index (χ0) is 19.8. The third-order valence-electron chi connectivity index (χ3n) is 6.53. The standard InChI is InChI=1S/C24H28FNO3/c25-19-8-9-23(29-14-18-6-7-18)22(10-19)24(27)11-20-15-28-16-21(12-24)26(20)13-17-4-2-1-3-5-17/h1-5,8-10,18,20-21,27H,6-7,11-16H2. The van der Waals surface area contributed by atoms with E-state index in [4.69, 9.17) is 9.47 Å². The summed E-state index contributed by atoms with van der Waals surface area (Å²) in [6.07, 6.45) is 3.41. The molecule has 1 saturated carbocycles. The van der Waals surface area contributed by atoms with Crippen molar-refractivity contribution in [2.45, 2.75) is 49.9 Å². The first kappa shape index (κ1) is 19.0. The van der Waals surface area contributed by atoms with Gasteiger partial charge in [0.05, 0.1) is 25.4 Å². The highest BCUT2D eigenvalue weighted by molar-refractivity contribution is 5.39. The van der Waals surface area contributed by atoms with Gasteiger partial charge in [0.25, 0.3) is 0 Å². The van der Waals surface area contributed by atoms with Crippen LogP contribution in [0.1, 0.15) is 36.8 Å². The molecule has 2 unspecified atom stereocenters. The third-order valence-corrected chi connectivity index (χ3v) is 6.53. The Balaban J connectivity index is 1.40. The van der Waals surface area contributed by atoms with E-state index >= 15 is 0 Å². The number of benzene rings is 2. The van der Waals surface area contributed by atoms with Gasteiger partial charge >= 0.3 is 0 Å². The Bertz CT molecular complexity index is 840. The Morgan fingerprint density at radius 2 is 1.79 bits per heavy atom. The van der Waals surface area contributed by atoms with Crippen LogP contribution in [0.4, 0.5) is 4.39 Å². The zero-order valence-corrected chi connectivity index (χ0v) is 16.6. The fourth-order valence-electron chi connectivity index (χ4n) is 4.80. The van der Waals surface area contributed by atoms with Gasteiger partial charge in [0.2, 0.25) is 0 Å². The first-order valence-corrected chi connectivity index (χ1v) is 10.6. The summed E-state index contributed by atoms with van der Waals surface area (Å²) in [5.41, 5.74) is 0.747. The van der Waals surface area contributed by atoms with Crippen LogP contribution in [-0.4, -0.2) is 41.9 Å². The molecule has 2 atom stereocenters. The van der Waals surface area contributed by atoms with Gasteiger partial charge in [-0.2, -0.15) is 0 Å². The molecule has 2 aliphatic heterocycles. The van der Waals surface area contributed by atoms with E-state index in [0.717, 1.165) is 6.54 Å². The van der Waals surface area contributed by atoms with E-state index in [-0.39, 0.29) is 17.9 Å². The van der Waals surface area contributed by atoms with Gasteiger partial charge in [-0.15, -0.1) is 0 Å². The number of halogens is 1. The molecule has 5 rings (SSSR count). The van der Waals surface area contributed by atoms with Crippen LogP contribution in [-0.2, 0) is 16.9 Å². The van der Waals surface area contributed by atoms with Crippen LogP contribution in [0.2, 0.25) is 0 Å². The molecule has 3 aliphatic rings. The number of hydrogen-bond acceptors (Lipinski definition) is 4. The normalized spacial score (nSPS) is 29.6. The van der Waals surface area contributed by atoms with Crippen molar-refractivity contribution >= 4 is 0 Å². The molecule has 5 heteroatoms. The van der Waals surface area contributed by atoms with E-state index in [1.807, 2.05) is 6.07 Å². The lowest BCUT2D eigenvalue weighted by Gasteiger charge is -2.52. The quantitative estimate of drug-likeness (QED) is 0.804. The predicted molar refractivity (Wildman–Crippen MR) is 108 cm³/mol. The molecule has 3 fully saturated rings. The number of piperidine rings is 1. The number of rotatable bonds is 6. The number of hydrogen-bond donors (Lipinski definition) is 1. The molecule has 0 amide bonds. The molecule has 0 aromatic heterocycles. The van der Waals surface area contributed by atoms with Gasteiger partial charge in [-0.3, -0.25) is 4.90 Å². The molecular formula is C24H28FNO3. The van der Waals surface area contributed by atoms with Gasteiger partial charge in [0, 0.05) is 24.2 Å². The molecule has 2 heterocycles. The van der Waals surface area contributed by atoms with E-state index in [1.165, 1.54) is 30.5 Å². The van der Waals surface area contributed by atoms with E-state index in [9.17, 15) is 9.50 Å². The van der Waals surface area contributed by atoms with Crippen molar-refractivity contribution in [1.29, 1.82) is 0 Å². The Kier molecular flexibility index (Phi) is 5.06. The molecule has 4 nitrogen and oxygen atoms in total. The summed E-state index contributed by atoms with van der Waals surface area (Å²) >= 11 is 0. The summed E-state index contributed by atoms with van der Waals surface area (Å²) in [5, 5.41) is 11.7. The molecule has 1 N–H and O–H groups in total. The maximum Gasteiger partial charge on any atom is 0.125 e. The molecule has 1 aliphatic carbocycles. The van der Waals surface area contributed by atoms with Crippen LogP contribution in [0.3, 0.4) is 0 Å². The van der Waals surface area contributed by atoms with Gasteiger partial charge < -0.3 is 14.6 Å². The number of fused-ring (bicyclic) bond motifs is 2. The van der Waals surface area contributed by atoms with Gasteiger partial charge in [0.15, 0.2) is 0 Å². The number of nitrogens with zero attached hydrogens (tertiary/aromatic N) is 1. The molecule has 0 spiro atoms. The van der Waals surface area contributed by atoms with Crippen LogP contribution in [0.15, 0.2) is 48.5 Å². The summed E-state index contributed by atoms with van der Waals surface area (Å²) < 4.78 is 26.0. The minimum Gasteiger partial charge on any atom is -0.493 e. The van der Waals surface area contributed by atoms with Crippen LogP contribution in [0, 0.1) is 11.7 Å². The molecule has 2 aromatic carbocycles. The first-order valence-electron chi connectivity index (χ1n) is 10.6. The maximum absolute atomic E-state index is 14.1. The highest BCUT2D eigenvalue weighted by Gasteiger charge is 2.48. The lowest BCUT2D eigenvalue weighted by molar-refractivity contribution is -0.150. The molecule has 2 saturated heterocycles. The monoisotopic (exact) mass is 397 g/mol. The van der Waals surface area contributed by atoms with Crippen LogP contribution >= 0.6 is 0 Å². The van der Waals surface area contributed by atoms with Crippen molar-refractivity contribution in [2.75, 3.05) is 19.8 Å². The summed E-state index contributed by atoms with van der Waals surface area (Å²) in [6.45, 7) is 2.65. The largest absolute Gasteiger partial charge is 0.493 e. The highest BCUT2D eigenvalue weighted by atomic mass is 19.1. The third kappa shape index (κ3) is 4.04. The predicted octanol–water partition coefficient (Wildman–Crippen LogP) is 3.87. The van der Waals surface area contributed by atoms with Crippen molar-refractivity contribution in [3.05, 3.63) is 65.5 Å². The van der Waals surface area contributed by atoms with E-state index in [1.54, 1.807) is 6.07 Å². The van der Waals surface area contributed by atoms with Gasteiger partial charge in [-0.1, -0.05) is 30.3 Å². The summed E-state index contributed by atoms with van der Waals surface area (Å²) in [7, 11) is 0. The van der Waals surface area contributed by atoms with Crippen molar-refractivity contribution in [3.8, 4) is 5.75 Å². The average molecular weight is 397 g/mol. The first-order chi connectivity index (χ1) is 14.1. The minimum absolute atomic E-state index is 0.0901. The summed E-state index contributed by atoms with van der Waals surface area (Å²) in [6, 6.07) is 15.1. The van der Waals surface area contributed by atoms with Crippen LogP contribution in [0.5, 0.6) is 5.75 Å². The van der Waals surface area contributed by atoms with Gasteiger partial charge in [-0.05, 0) is 55.4 Å². The lowest BCUT2D eigenvalue weighted by Crippen LogP contribution is -2.60. The second-order valence-corrected chi connectivity index (χ2v) is 8.84. The van der Waals surface area contributed by atoms with Crippen LogP contribution < -0.4 is 4.74 Å². The van der Waals surface area contributed by atoms with Gasteiger partial charge in [0.1, 0.15) is 11.6 Å². The fraction of sp³-hybridized carbons (Fsp3) is 0.500. The topological polar surface area (TPSA) is 41.9 Å². The van der Waals surface area contributed by atoms with E-state index in [2.05, 4.69) is 29.2 Å². The van der Waals surface area contributed by atoms with Crippen LogP contribution in [0.25, 0.3) is 0 Å². The minimum atomic E-state index is -1.10. The van der Waals surface area contributed by atoms with E-state index < -0.39 is 5.60 Å². The fourth-order valence-corrected chi connectivity index (χ4v) is 4.80. The number of aliphatic hydroxyl groups is 1. The SMILES string of the molecule is OC1(c2cc(F)ccc2OCC2CC2)CC2COCC(C1)N2Cc1ccccc1. The Labute approximate surface area is 171 Å². The van der Waals surface area contributed by atoms with Gasteiger partial charge in [-0.25, -0.2) is 4.39 Å². The Morgan fingerprint density at radius 1 is 1.07 bits per heavy atom. The maximum atomic E-state index is 14.1.